The fraction of sp³-hybridized carbons (Fsp3) is 0.417. The molecule has 1 aromatic carbocycles. The number of carbonyl (C=O) groups is 1. The minimum atomic E-state index is -4.50. The molecule has 0 spiro atoms. The highest BCUT2D eigenvalue weighted by Gasteiger charge is 2.30. The maximum atomic E-state index is 12.5. The Kier molecular flexibility index (Phi) is 4.96. The second kappa shape index (κ2) is 6.10. The maximum absolute atomic E-state index is 12.5. The van der Waals surface area contributed by atoms with E-state index >= 15 is 0 Å². The summed E-state index contributed by atoms with van der Waals surface area (Å²) in [6.45, 7) is 0.359. The van der Waals surface area contributed by atoms with Crippen molar-refractivity contribution < 1.29 is 28.2 Å². The summed E-state index contributed by atoms with van der Waals surface area (Å²) >= 11 is 0. The Hall–Kier alpha value is -1.80. The van der Waals surface area contributed by atoms with E-state index in [0.29, 0.717) is 0 Å². The number of carbonyl (C=O) groups excluding carboxylic acids is 1. The molecule has 0 unspecified atom stereocenters. The van der Waals surface area contributed by atoms with Crippen LogP contribution >= 0.6 is 0 Å². The number of aliphatic hydroxyl groups is 2. The van der Waals surface area contributed by atoms with E-state index in [2.05, 4.69) is 10.6 Å². The second-order valence-electron chi connectivity index (χ2n) is 4.53. The minimum Gasteiger partial charge on any atom is -0.394 e. The van der Waals surface area contributed by atoms with Crippen LogP contribution in [0.2, 0.25) is 0 Å². The van der Waals surface area contributed by atoms with Gasteiger partial charge < -0.3 is 20.8 Å². The SMILES string of the molecule is CC(CO)(CO)NC(=O)Nc1cccc(C(F)(F)F)c1. The van der Waals surface area contributed by atoms with Gasteiger partial charge in [-0.1, -0.05) is 6.07 Å². The van der Waals surface area contributed by atoms with Gasteiger partial charge in [-0.2, -0.15) is 13.2 Å². The van der Waals surface area contributed by atoms with Crippen LogP contribution in [-0.2, 0) is 6.18 Å². The zero-order valence-corrected chi connectivity index (χ0v) is 10.7. The van der Waals surface area contributed by atoms with Crippen molar-refractivity contribution in [2.45, 2.75) is 18.6 Å². The molecule has 1 rings (SSSR count). The van der Waals surface area contributed by atoms with Crippen LogP contribution < -0.4 is 10.6 Å². The van der Waals surface area contributed by atoms with Gasteiger partial charge >= 0.3 is 12.2 Å². The van der Waals surface area contributed by atoms with Crippen LogP contribution in [0.1, 0.15) is 12.5 Å². The predicted octanol–water partition coefficient (Wildman–Crippen LogP) is 1.57. The van der Waals surface area contributed by atoms with Crippen LogP contribution in [0.25, 0.3) is 0 Å². The predicted molar refractivity (Wildman–Crippen MR) is 66.2 cm³/mol. The van der Waals surface area contributed by atoms with E-state index < -0.39 is 36.5 Å². The maximum Gasteiger partial charge on any atom is 0.416 e. The van der Waals surface area contributed by atoms with Crippen LogP contribution in [0.4, 0.5) is 23.7 Å². The molecular weight excluding hydrogens is 277 g/mol. The summed E-state index contributed by atoms with van der Waals surface area (Å²) in [4.78, 5) is 11.6. The molecule has 5 nitrogen and oxygen atoms in total. The second-order valence-corrected chi connectivity index (χ2v) is 4.53. The van der Waals surface area contributed by atoms with E-state index in [4.69, 9.17) is 10.2 Å². The molecule has 0 aliphatic heterocycles. The van der Waals surface area contributed by atoms with Crippen molar-refractivity contribution in [1.29, 1.82) is 0 Å². The van der Waals surface area contributed by atoms with Crippen LogP contribution in [0.3, 0.4) is 0 Å². The van der Waals surface area contributed by atoms with Gasteiger partial charge in [0, 0.05) is 5.69 Å². The summed E-state index contributed by atoms with van der Waals surface area (Å²) in [5.74, 6) is 0. The molecule has 0 aliphatic rings. The Balaban J connectivity index is 2.77. The monoisotopic (exact) mass is 292 g/mol. The number of anilines is 1. The third kappa shape index (κ3) is 4.39. The van der Waals surface area contributed by atoms with Crippen molar-refractivity contribution in [1.82, 2.24) is 5.32 Å². The number of hydrogen-bond donors (Lipinski definition) is 4. The molecule has 0 bridgehead atoms. The topological polar surface area (TPSA) is 81.6 Å². The third-order valence-electron chi connectivity index (χ3n) is 2.56. The van der Waals surface area contributed by atoms with Gasteiger partial charge in [0.1, 0.15) is 0 Å². The average molecular weight is 292 g/mol. The Bertz CT molecular complexity index is 473. The lowest BCUT2D eigenvalue weighted by atomic mass is 10.1. The zero-order valence-electron chi connectivity index (χ0n) is 10.7. The Morgan fingerprint density at radius 3 is 2.35 bits per heavy atom. The highest BCUT2D eigenvalue weighted by atomic mass is 19.4. The van der Waals surface area contributed by atoms with Crippen molar-refractivity contribution in [2.24, 2.45) is 0 Å². The number of rotatable bonds is 4. The summed E-state index contributed by atoms with van der Waals surface area (Å²) in [5.41, 5.74) is -2.19. The third-order valence-corrected chi connectivity index (χ3v) is 2.56. The molecule has 0 radical (unpaired) electrons. The molecule has 0 aromatic heterocycles. The van der Waals surface area contributed by atoms with Gasteiger partial charge in [0.15, 0.2) is 0 Å². The largest absolute Gasteiger partial charge is 0.416 e. The quantitative estimate of drug-likeness (QED) is 0.680. The Morgan fingerprint density at radius 2 is 1.85 bits per heavy atom. The molecule has 2 amide bonds. The highest BCUT2D eigenvalue weighted by Crippen LogP contribution is 2.30. The average Bonchev–Trinajstić information content (AvgIpc) is 2.37. The van der Waals surface area contributed by atoms with E-state index in [9.17, 15) is 18.0 Å². The number of aliphatic hydroxyl groups excluding tert-OH is 2. The van der Waals surface area contributed by atoms with Crippen LogP contribution in [0.5, 0.6) is 0 Å². The lowest BCUT2D eigenvalue weighted by molar-refractivity contribution is -0.137. The molecule has 0 heterocycles. The minimum absolute atomic E-state index is 0.0458. The first kappa shape index (κ1) is 16.3. The van der Waals surface area contributed by atoms with Gasteiger partial charge in [-0.25, -0.2) is 4.79 Å². The molecule has 1 aromatic rings. The summed E-state index contributed by atoms with van der Waals surface area (Å²) < 4.78 is 37.5. The van der Waals surface area contributed by atoms with Crippen molar-refractivity contribution >= 4 is 11.7 Å². The Morgan fingerprint density at radius 1 is 1.25 bits per heavy atom. The normalized spacial score (nSPS) is 12.1. The van der Waals surface area contributed by atoms with Crippen LogP contribution in [0, 0.1) is 0 Å². The standard InChI is InChI=1S/C12H15F3N2O3/c1-11(6-18,7-19)17-10(20)16-9-4-2-3-8(5-9)12(13,14)15/h2-5,18-19H,6-7H2,1H3,(H2,16,17,20). The van der Waals surface area contributed by atoms with Gasteiger partial charge in [0.25, 0.3) is 0 Å². The summed E-state index contributed by atoms with van der Waals surface area (Å²) in [6, 6.07) is 3.30. The molecule has 0 atom stereocenters. The number of urea groups is 1. The van der Waals surface area contributed by atoms with Gasteiger partial charge in [-0.05, 0) is 25.1 Å². The number of hydrogen-bond acceptors (Lipinski definition) is 3. The number of nitrogens with one attached hydrogen (secondary N) is 2. The Labute approximate surface area is 113 Å². The molecular formula is C12H15F3N2O3. The molecule has 20 heavy (non-hydrogen) atoms. The fourth-order valence-corrected chi connectivity index (χ4v) is 1.34. The van der Waals surface area contributed by atoms with E-state index in [1.54, 1.807) is 0 Å². The van der Waals surface area contributed by atoms with Crippen molar-refractivity contribution in [3.05, 3.63) is 29.8 Å². The molecule has 8 heteroatoms. The van der Waals surface area contributed by atoms with Gasteiger partial charge in [0.2, 0.25) is 0 Å². The van der Waals surface area contributed by atoms with Crippen molar-refractivity contribution in [2.75, 3.05) is 18.5 Å². The van der Waals surface area contributed by atoms with Gasteiger partial charge in [-0.15, -0.1) is 0 Å². The molecule has 0 saturated carbocycles. The number of benzene rings is 1. The number of amides is 2. The van der Waals surface area contributed by atoms with Crippen LogP contribution in [0.15, 0.2) is 24.3 Å². The van der Waals surface area contributed by atoms with E-state index in [0.717, 1.165) is 18.2 Å². The zero-order chi connectivity index (χ0) is 15.4. The lowest BCUT2D eigenvalue weighted by Crippen LogP contribution is -2.53. The van der Waals surface area contributed by atoms with Gasteiger partial charge in [-0.3, -0.25) is 0 Å². The van der Waals surface area contributed by atoms with E-state index in [-0.39, 0.29) is 5.69 Å². The first-order valence-electron chi connectivity index (χ1n) is 5.68. The summed E-state index contributed by atoms with van der Waals surface area (Å²) in [5, 5.41) is 22.5. The molecule has 112 valence electrons. The van der Waals surface area contributed by atoms with Crippen molar-refractivity contribution in [3.63, 3.8) is 0 Å². The first-order valence-corrected chi connectivity index (χ1v) is 5.68. The molecule has 0 aliphatic carbocycles. The molecule has 0 saturated heterocycles. The molecule has 0 fully saturated rings. The fourth-order valence-electron chi connectivity index (χ4n) is 1.34. The van der Waals surface area contributed by atoms with Gasteiger partial charge in [0.05, 0.1) is 24.3 Å². The molecule has 4 N–H and O–H groups in total. The number of alkyl halides is 3. The smallest absolute Gasteiger partial charge is 0.394 e. The lowest BCUT2D eigenvalue weighted by Gasteiger charge is -2.26. The number of halogens is 3. The highest BCUT2D eigenvalue weighted by molar-refractivity contribution is 5.89. The summed E-state index contributed by atoms with van der Waals surface area (Å²) in [6.07, 6.45) is -4.50. The first-order chi connectivity index (χ1) is 9.20. The van der Waals surface area contributed by atoms with Crippen LogP contribution in [-0.4, -0.2) is 35.0 Å². The summed E-state index contributed by atoms with van der Waals surface area (Å²) in [7, 11) is 0. The van der Waals surface area contributed by atoms with Crippen molar-refractivity contribution in [3.8, 4) is 0 Å². The van der Waals surface area contributed by atoms with E-state index in [1.807, 2.05) is 0 Å². The van der Waals surface area contributed by atoms with E-state index in [1.165, 1.54) is 13.0 Å².